The van der Waals surface area contributed by atoms with Crippen molar-refractivity contribution in [3.8, 4) is 0 Å². The summed E-state index contributed by atoms with van der Waals surface area (Å²) in [4.78, 5) is 23.2. The maximum Gasteiger partial charge on any atom is 0.326 e. The Bertz CT molecular complexity index is 433. The second-order valence-corrected chi connectivity index (χ2v) is 4.76. The fourth-order valence-electron chi connectivity index (χ4n) is 1.99. The summed E-state index contributed by atoms with van der Waals surface area (Å²) < 4.78 is 0. The molecule has 1 amide bonds. The number of aliphatic hydroxyl groups excluding tert-OH is 1. The molecule has 3 N–H and O–H groups in total. The van der Waals surface area contributed by atoms with Gasteiger partial charge in [-0.15, -0.1) is 0 Å². The smallest absolute Gasteiger partial charge is 0.326 e. The van der Waals surface area contributed by atoms with Crippen LogP contribution in [0, 0.1) is 5.92 Å². The molecule has 1 unspecified atom stereocenters. The normalized spacial score (nSPS) is 13.5. The van der Waals surface area contributed by atoms with E-state index in [4.69, 9.17) is 5.11 Å². The number of carbonyl (C=O) groups is 2. The van der Waals surface area contributed by atoms with E-state index in [-0.39, 0.29) is 13.0 Å². The van der Waals surface area contributed by atoms with Gasteiger partial charge in [0.15, 0.2) is 0 Å². The van der Waals surface area contributed by atoms with Crippen LogP contribution < -0.4 is 5.32 Å². The number of aliphatic carboxylic acids is 1. The van der Waals surface area contributed by atoms with Gasteiger partial charge in [0.1, 0.15) is 6.04 Å². The van der Waals surface area contributed by atoms with Gasteiger partial charge in [-0.3, -0.25) is 4.79 Å². The van der Waals surface area contributed by atoms with Crippen molar-refractivity contribution < 1.29 is 19.8 Å². The first-order valence-electron chi connectivity index (χ1n) is 6.76. The van der Waals surface area contributed by atoms with E-state index in [1.165, 1.54) is 0 Å². The lowest BCUT2D eigenvalue weighted by Gasteiger charge is -2.18. The Morgan fingerprint density at radius 2 is 1.90 bits per heavy atom. The molecule has 0 saturated carbocycles. The molecule has 0 aliphatic heterocycles. The molecule has 1 aromatic rings. The summed E-state index contributed by atoms with van der Waals surface area (Å²) in [5, 5.41) is 20.9. The number of aliphatic hydroxyl groups is 1. The number of nitrogens with one attached hydrogen (secondary N) is 1. The number of amides is 1. The van der Waals surface area contributed by atoms with Crippen LogP contribution >= 0.6 is 0 Å². The lowest BCUT2D eigenvalue weighted by atomic mass is 10.0. The van der Waals surface area contributed by atoms with Gasteiger partial charge in [0.05, 0.1) is 12.5 Å². The molecular weight excluding hydrogens is 258 g/mol. The topological polar surface area (TPSA) is 86.6 Å². The standard InChI is InChI=1S/C15H21NO4/c1-2-6-12(10-17)14(18)16-13(15(19)20)9-11-7-4-3-5-8-11/h3-5,7-8,12-13,17H,2,6,9-10H2,1H3,(H,16,18)(H,19,20)/t12?,13-/m0/s1. The number of benzene rings is 1. The SMILES string of the molecule is CCCC(CO)C(=O)N[C@@H](Cc1ccccc1)C(=O)O. The summed E-state index contributed by atoms with van der Waals surface area (Å²) >= 11 is 0. The first kappa shape index (κ1) is 16.2. The van der Waals surface area contributed by atoms with E-state index in [9.17, 15) is 14.7 Å². The van der Waals surface area contributed by atoms with E-state index in [1.54, 1.807) is 0 Å². The van der Waals surface area contributed by atoms with Crippen molar-refractivity contribution in [3.63, 3.8) is 0 Å². The summed E-state index contributed by atoms with van der Waals surface area (Å²) in [7, 11) is 0. The Labute approximate surface area is 118 Å². The van der Waals surface area contributed by atoms with Crippen molar-refractivity contribution in [1.29, 1.82) is 0 Å². The third kappa shape index (κ3) is 5.01. The van der Waals surface area contributed by atoms with Gasteiger partial charge in [-0.2, -0.15) is 0 Å². The Balaban J connectivity index is 2.68. The molecule has 2 atom stereocenters. The van der Waals surface area contributed by atoms with Gasteiger partial charge in [0, 0.05) is 6.42 Å². The minimum absolute atomic E-state index is 0.228. The lowest BCUT2D eigenvalue weighted by Crippen LogP contribution is -2.45. The first-order valence-corrected chi connectivity index (χ1v) is 6.76. The zero-order valence-corrected chi connectivity index (χ0v) is 11.6. The number of hydrogen-bond donors (Lipinski definition) is 3. The summed E-state index contributed by atoms with van der Waals surface area (Å²) in [5.74, 6) is -2.02. The zero-order valence-electron chi connectivity index (χ0n) is 11.6. The molecule has 1 aromatic carbocycles. The first-order chi connectivity index (χ1) is 9.58. The van der Waals surface area contributed by atoms with E-state index in [1.807, 2.05) is 37.3 Å². The van der Waals surface area contributed by atoms with Crippen LogP contribution in [0.15, 0.2) is 30.3 Å². The molecule has 0 aliphatic rings. The minimum atomic E-state index is -1.07. The molecule has 0 fully saturated rings. The number of hydrogen-bond acceptors (Lipinski definition) is 3. The third-order valence-corrected chi connectivity index (χ3v) is 3.13. The number of carboxylic acids is 1. The van der Waals surface area contributed by atoms with E-state index < -0.39 is 23.8 Å². The highest BCUT2D eigenvalue weighted by atomic mass is 16.4. The van der Waals surface area contributed by atoms with E-state index in [0.29, 0.717) is 6.42 Å². The quantitative estimate of drug-likeness (QED) is 0.667. The third-order valence-electron chi connectivity index (χ3n) is 3.13. The van der Waals surface area contributed by atoms with Gasteiger partial charge in [-0.05, 0) is 12.0 Å². The van der Waals surface area contributed by atoms with Crippen LogP contribution in [0.5, 0.6) is 0 Å². The highest BCUT2D eigenvalue weighted by Gasteiger charge is 2.24. The Hall–Kier alpha value is -1.88. The zero-order chi connectivity index (χ0) is 15.0. The predicted molar refractivity (Wildman–Crippen MR) is 75.2 cm³/mol. The second-order valence-electron chi connectivity index (χ2n) is 4.76. The van der Waals surface area contributed by atoms with Crippen LogP contribution in [-0.4, -0.2) is 34.7 Å². The summed E-state index contributed by atoms with van der Waals surface area (Å²) in [6, 6.07) is 8.15. The minimum Gasteiger partial charge on any atom is -0.480 e. The average molecular weight is 279 g/mol. The van der Waals surface area contributed by atoms with Crippen molar-refractivity contribution in [3.05, 3.63) is 35.9 Å². The van der Waals surface area contributed by atoms with Crippen LogP contribution in [0.25, 0.3) is 0 Å². The maximum atomic E-state index is 11.9. The monoisotopic (exact) mass is 279 g/mol. The van der Waals surface area contributed by atoms with E-state index >= 15 is 0 Å². The highest BCUT2D eigenvalue weighted by Crippen LogP contribution is 2.08. The molecule has 20 heavy (non-hydrogen) atoms. The number of carbonyl (C=O) groups excluding carboxylic acids is 1. The van der Waals surface area contributed by atoms with Crippen molar-refractivity contribution >= 4 is 11.9 Å². The van der Waals surface area contributed by atoms with Crippen LogP contribution in [0.2, 0.25) is 0 Å². The van der Waals surface area contributed by atoms with Crippen molar-refractivity contribution in [2.45, 2.75) is 32.2 Å². The molecule has 5 heteroatoms. The van der Waals surface area contributed by atoms with Crippen molar-refractivity contribution in [1.82, 2.24) is 5.32 Å². The predicted octanol–water partition coefficient (Wildman–Crippen LogP) is 1.21. The molecule has 5 nitrogen and oxygen atoms in total. The van der Waals surface area contributed by atoms with Gasteiger partial charge in [0.25, 0.3) is 0 Å². The van der Waals surface area contributed by atoms with Gasteiger partial charge in [0.2, 0.25) is 5.91 Å². The van der Waals surface area contributed by atoms with Crippen LogP contribution in [0.1, 0.15) is 25.3 Å². The Morgan fingerprint density at radius 1 is 1.25 bits per heavy atom. The summed E-state index contributed by atoms with van der Waals surface area (Å²) in [6.45, 7) is 1.64. The van der Waals surface area contributed by atoms with Gasteiger partial charge >= 0.3 is 5.97 Å². The highest BCUT2D eigenvalue weighted by molar-refractivity contribution is 5.85. The second kappa shape index (κ2) is 8.32. The van der Waals surface area contributed by atoms with Gasteiger partial charge < -0.3 is 15.5 Å². The number of carboxylic acid groups (broad SMARTS) is 1. The van der Waals surface area contributed by atoms with E-state index in [2.05, 4.69) is 5.32 Å². The Morgan fingerprint density at radius 3 is 2.40 bits per heavy atom. The molecule has 0 aliphatic carbocycles. The number of rotatable bonds is 8. The fraction of sp³-hybridized carbons (Fsp3) is 0.467. The van der Waals surface area contributed by atoms with Crippen LogP contribution in [-0.2, 0) is 16.0 Å². The lowest BCUT2D eigenvalue weighted by molar-refractivity contribution is -0.142. The molecule has 0 saturated heterocycles. The molecule has 0 heterocycles. The molecule has 0 bridgehead atoms. The average Bonchev–Trinajstić information content (AvgIpc) is 2.44. The molecular formula is C15H21NO4. The molecule has 1 rings (SSSR count). The Kier molecular flexibility index (Phi) is 6.73. The molecule has 0 spiro atoms. The molecule has 0 aromatic heterocycles. The van der Waals surface area contributed by atoms with E-state index in [0.717, 1.165) is 12.0 Å². The summed E-state index contributed by atoms with van der Waals surface area (Å²) in [6.07, 6.45) is 1.53. The summed E-state index contributed by atoms with van der Waals surface area (Å²) in [5.41, 5.74) is 0.844. The fourth-order valence-corrected chi connectivity index (χ4v) is 1.99. The van der Waals surface area contributed by atoms with Gasteiger partial charge in [-0.25, -0.2) is 4.79 Å². The van der Waals surface area contributed by atoms with Crippen LogP contribution in [0.3, 0.4) is 0 Å². The maximum absolute atomic E-state index is 11.9. The molecule has 110 valence electrons. The van der Waals surface area contributed by atoms with Gasteiger partial charge in [-0.1, -0.05) is 43.7 Å². The van der Waals surface area contributed by atoms with Crippen molar-refractivity contribution in [2.24, 2.45) is 5.92 Å². The molecule has 0 radical (unpaired) electrons. The van der Waals surface area contributed by atoms with Crippen LogP contribution in [0.4, 0.5) is 0 Å². The largest absolute Gasteiger partial charge is 0.480 e. The van der Waals surface area contributed by atoms with Crippen molar-refractivity contribution in [2.75, 3.05) is 6.61 Å².